The first-order chi connectivity index (χ1) is 13.8. The number of piperidine rings is 1. The van der Waals surface area contributed by atoms with Crippen molar-refractivity contribution in [3.63, 3.8) is 0 Å². The van der Waals surface area contributed by atoms with Crippen LogP contribution in [0.4, 0.5) is 5.69 Å². The molecule has 1 heterocycles. The molecule has 3 rings (SSSR count). The lowest BCUT2D eigenvalue weighted by Crippen LogP contribution is -2.44. The monoisotopic (exact) mass is 454 g/mol. The van der Waals surface area contributed by atoms with Crippen molar-refractivity contribution in [1.29, 1.82) is 0 Å². The summed E-state index contributed by atoms with van der Waals surface area (Å²) in [5.41, 5.74) is 2.49. The number of aryl methyl sites for hydroxylation is 1. The highest BCUT2D eigenvalue weighted by Gasteiger charge is 2.32. The van der Waals surface area contributed by atoms with E-state index in [1.807, 2.05) is 24.3 Å². The van der Waals surface area contributed by atoms with Crippen LogP contribution in [0.3, 0.4) is 0 Å². The molecular weight excluding hydrogens is 431 g/mol. The maximum absolute atomic E-state index is 12.9. The molecule has 1 saturated heterocycles. The fourth-order valence-corrected chi connectivity index (χ4v) is 5.33. The summed E-state index contributed by atoms with van der Waals surface area (Å²) < 4.78 is 27.1. The lowest BCUT2D eigenvalue weighted by Gasteiger charge is -2.31. The van der Waals surface area contributed by atoms with Crippen LogP contribution in [-0.2, 0) is 27.0 Å². The normalized spacial score (nSPS) is 17.8. The molecule has 0 saturated carbocycles. The highest BCUT2D eigenvalue weighted by atomic mass is 35.5. The summed E-state index contributed by atoms with van der Waals surface area (Å²) in [6.07, 6.45) is 2.24. The molecule has 0 unspecified atom stereocenters. The van der Waals surface area contributed by atoms with Crippen LogP contribution in [-0.4, -0.2) is 31.7 Å². The summed E-state index contributed by atoms with van der Waals surface area (Å²) >= 11 is 11.9. The highest BCUT2D eigenvalue weighted by molar-refractivity contribution is 7.88. The van der Waals surface area contributed by atoms with E-state index in [1.54, 1.807) is 18.2 Å². The van der Waals surface area contributed by atoms with Crippen LogP contribution in [0, 0.1) is 5.92 Å². The summed E-state index contributed by atoms with van der Waals surface area (Å²) in [4.78, 5) is 12.7. The quantitative estimate of drug-likeness (QED) is 0.685. The van der Waals surface area contributed by atoms with Gasteiger partial charge in [-0.1, -0.05) is 48.3 Å². The Kier molecular flexibility index (Phi) is 7.22. The third-order valence-electron chi connectivity index (χ3n) is 5.11. The van der Waals surface area contributed by atoms with Crippen LogP contribution in [0.5, 0.6) is 0 Å². The molecule has 0 spiro atoms. The Labute approximate surface area is 182 Å². The standard InChI is InChI=1S/C21H24Cl2N2O3S/c1-2-15-5-8-18(9-6-15)24-21(26)17-4-3-11-25(13-17)29(27,28)14-16-7-10-19(22)20(23)12-16/h5-10,12,17H,2-4,11,13-14H2,1H3,(H,24,26)/t17-/m1/s1. The van der Waals surface area contributed by atoms with Crippen LogP contribution >= 0.6 is 23.2 Å². The third kappa shape index (κ3) is 5.72. The Balaban J connectivity index is 1.65. The Bertz CT molecular complexity index is 978. The zero-order valence-electron chi connectivity index (χ0n) is 16.2. The second kappa shape index (κ2) is 9.47. The van der Waals surface area contributed by atoms with E-state index in [1.165, 1.54) is 9.87 Å². The van der Waals surface area contributed by atoms with Gasteiger partial charge >= 0.3 is 0 Å². The lowest BCUT2D eigenvalue weighted by molar-refractivity contribution is -0.120. The van der Waals surface area contributed by atoms with Gasteiger partial charge in [0.2, 0.25) is 15.9 Å². The molecule has 1 atom stereocenters. The van der Waals surface area contributed by atoms with Crippen LogP contribution in [0.1, 0.15) is 30.9 Å². The maximum Gasteiger partial charge on any atom is 0.228 e. The highest BCUT2D eigenvalue weighted by Crippen LogP contribution is 2.26. The third-order valence-corrected chi connectivity index (χ3v) is 7.67. The van der Waals surface area contributed by atoms with E-state index in [2.05, 4.69) is 12.2 Å². The van der Waals surface area contributed by atoms with Gasteiger partial charge in [-0.2, -0.15) is 0 Å². The van der Waals surface area contributed by atoms with Gasteiger partial charge in [-0.05, 0) is 54.7 Å². The minimum atomic E-state index is -3.56. The van der Waals surface area contributed by atoms with E-state index in [-0.39, 0.29) is 24.1 Å². The molecule has 29 heavy (non-hydrogen) atoms. The van der Waals surface area contributed by atoms with E-state index < -0.39 is 10.0 Å². The first-order valence-electron chi connectivity index (χ1n) is 9.60. The number of sulfonamides is 1. The van der Waals surface area contributed by atoms with Crippen LogP contribution in [0.2, 0.25) is 10.0 Å². The average molecular weight is 455 g/mol. The fourth-order valence-electron chi connectivity index (χ4n) is 3.41. The molecule has 0 aromatic heterocycles. The average Bonchev–Trinajstić information content (AvgIpc) is 2.71. The fraction of sp³-hybridized carbons (Fsp3) is 0.381. The number of carbonyl (C=O) groups excluding carboxylic acids is 1. The van der Waals surface area contributed by atoms with Gasteiger partial charge in [-0.15, -0.1) is 0 Å². The van der Waals surface area contributed by atoms with Crippen molar-refractivity contribution in [3.8, 4) is 0 Å². The van der Waals surface area contributed by atoms with E-state index in [0.717, 1.165) is 12.1 Å². The van der Waals surface area contributed by atoms with Gasteiger partial charge in [0.25, 0.3) is 0 Å². The molecule has 1 aliphatic rings. The van der Waals surface area contributed by atoms with E-state index in [4.69, 9.17) is 23.2 Å². The molecule has 1 amide bonds. The van der Waals surface area contributed by atoms with E-state index >= 15 is 0 Å². The summed E-state index contributed by atoms with van der Waals surface area (Å²) in [5, 5.41) is 3.61. The van der Waals surface area contributed by atoms with Gasteiger partial charge < -0.3 is 5.32 Å². The van der Waals surface area contributed by atoms with Crippen LogP contribution in [0.25, 0.3) is 0 Å². The Morgan fingerprint density at radius 2 is 1.79 bits per heavy atom. The van der Waals surface area contributed by atoms with Crippen molar-refractivity contribution in [3.05, 3.63) is 63.6 Å². The molecule has 1 N–H and O–H groups in total. The lowest BCUT2D eigenvalue weighted by atomic mass is 9.98. The number of hydrogen-bond acceptors (Lipinski definition) is 3. The molecule has 0 radical (unpaired) electrons. The second-order valence-corrected chi connectivity index (χ2v) is 10.0. The largest absolute Gasteiger partial charge is 0.326 e. The van der Waals surface area contributed by atoms with Crippen molar-refractivity contribution >= 4 is 44.8 Å². The van der Waals surface area contributed by atoms with E-state index in [9.17, 15) is 13.2 Å². The van der Waals surface area contributed by atoms with Crippen molar-refractivity contribution in [1.82, 2.24) is 4.31 Å². The number of nitrogens with zero attached hydrogens (tertiary/aromatic N) is 1. The Morgan fingerprint density at radius 1 is 1.10 bits per heavy atom. The summed E-state index contributed by atoms with van der Waals surface area (Å²) in [7, 11) is -3.56. The number of hydrogen-bond donors (Lipinski definition) is 1. The number of anilines is 1. The zero-order chi connectivity index (χ0) is 21.0. The number of amides is 1. The molecule has 5 nitrogen and oxygen atoms in total. The maximum atomic E-state index is 12.9. The minimum absolute atomic E-state index is 0.149. The van der Waals surface area contributed by atoms with Crippen molar-refractivity contribution in [2.75, 3.05) is 18.4 Å². The number of carbonyl (C=O) groups is 1. The molecular formula is C21H24Cl2N2O3S. The van der Waals surface area contributed by atoms with Crippen molar-refractivity contribution in [2.45, 2.75) is 31.9 Å². The van der Waals surface area contributed by atoms with Crippen molar-refractivity contribution in [2.24, 2.45) is 5.92 Å². The molecule has 1 fully saturated rings. The van der Waals surface area contributed by atoms with Gasteiger partial charge in [0.15, 0.2) is 0 Å². The zero-order valence-corrected chi connectivity index (χ0v) is 18.5. The summed E-state index contributed by atoms with van der Waals surface area (Å²) in [5.74, 6) is -0.696. The Morgan fingerprint density at radius 3 is 2.45 bits per heavy atom. The number of benzene rings is 2. The van der Waals surface area contributed by atoms with Gasteiger partial charge in [-0.3, -0.25) is 4.79 Å². The molecule has 156 valence electrons. The number of rotatable bonds is 6. The van der Waals surface area contributed by atoms with E-state index in [0.29, 0.717) is 35.0 Å². The first-order valence-corrected chi connectivity index (χ1v) is 12.0. The number of halogens is 2. The molecule has 2 aromatic rings. The minimum Gasteiger partial charge on any atom is -0.326 e. The number of nitrogens with one attached hydrogen (secondary N) is 1. The topological polar surface area (TPSA) is 66.5 Å². The summed E-state index contributed by atoms with van der Waals surface area (Å²) in [6.45, 7) is 2.67. The predicted molar refractivity (Wildman–Crippen MR) is 118 cm³/mol. The molecule has 2 aromatic carbocycles. The molecule has 8 heteroatoms. The SMILES string of the molecule is CCc1ccc(NC(=O)[C@@H]2CCCN(S(=O)(=O)Cc3ccc(Cl)c(Cl)c3)C2)cc1. The van der Waals surface area contributed by atoms with Gasteiger partial charge in [0.1, 0.15) is 0 Å². The first kappa shape index (κ1) is 22.1. The predicted octanol–water partition coefficient (Wildman–Crippen LogP) is 4.74. The van der Waals surface area contributed by atoms with Gasteiger partial charge in [0.05, 0.1) is 21.7 Å². The Hall–Kier alpha value is -1.60. The van der Waals surface area contributed by atoms with Crippen LogP contribution < -0.4 is 5.32 Å². The van der Waals surface area contributed by atoms with Crippen LogP contribution in [0.15, 0.2) is 42.5 Å². The van der Waals surface area contributed by atoms with Gasteiger partial charge in [-0.25, -0.2) is 12.7 Å². The van der Waals surface area contributed by atoms with Gasteiger partial charge in [0, 0.05) is 18.8 Å². The smallest absolute Gasteiger partial charge is 0.228 e. The molecule has 0 bridgehead atoms. The molecule has 0 aliphatic carbocycles. The summed E-state index contributed by atoms with van der Waals surface area (Å²) in [6, 6.07) is 12.5. The van der Waals surface area contributed by atoms with Crippen molar-refractivity contribution < 1.29 is 13.2 Å². The molecule has 1 aliphatic heterocycles. The second-order valence-electron chi connectivity index (χ2n) is 7.24.